The number of carbonyl (C=O) groups excluding carboxylic acids is 1. The SMILES string of the molecule is CCOc1ccccc1Oc1ccc(C=O)cc1Br. The minimum Gasteiger partial charge on any atom is -0.490 e. The summed E-state index contributed by atoms with van der Waals surface area (Å²) in [6.45, 7) is 2.50. The molecule has 0 N–H and O–H groups in total. The second-order valence-corrected chi connectivity index (χ2v) is 4.64. The molecule has 0 radical (unpaired) electrons. The van der Waals surface area contributed by atoms with Gasteiger partial charge in [0, 0.05) is 5.56 Å². The minimum atomic E-state index is 0.575. The van der Waals surface area contributed by atoms with Crippen molar-refractivity contribution in [2.24, 2.45) is 0 Å². The first-order chi connectivity index (χ1) is 9.24. The van der Waals surface area contributed by atoms with Gasteiger partial charge in [-0.25, -0.2) is 0 Å². The zero-order valence-corrected chi connectivity index (χ0v) is 12.0. The van der Waals surface area contributed by atoms with E-state index in [1.54, 1.807) is 18.2 Å². The third kappa shape index (κ3) is 3.35. The molecule has 2 aromatic rings. The van der Waals surface area contributed by atoms with Gasteiger partial charge in [0.25, 0.3) is 0 Å². The number of carbonyl (C=O) groups is 1. The molecule has 0 spiro atoms. The monoisotopic (exact) mass is 320 g/mol. The predicted molar refractivity (Wildman–Crippen MR) is 77.2 cm³/mol. The molecule has 0 heterocycles. The molecule has 3 nitrogen and oxygen atoms in total. The molecular formula is C15H13BrO3. The van der Waals surface area contributed by atoms with Crippen molar-refractivity contribution in [2.75, 3.05) is 6.61 Å². The van der Waals surface area contributed by atoms with Crippen molar-refractivity contribution >= 4 is 22.2 Å². The van der Waals surface area contributed by atoms with Crippen molar-refractivity contribution in [3.05, 3.63) is 52.5 Å². The van der Waals surface area contributed by atoms with E-state index in [9.17, 15) is 4.79 Å². The Hall–Kier alpha value is -1.81. The van der Waals surface area contributed by atoms with Gasteiger partial charge in [0.2, 0.25) is 0 Å². The smallest absolute Gasteiger partial charge is 0.169 e. The third-order valence-corrected chi connectivity index (χ3v) is 3.08. The molecule has 4 heteroatoms. The maximum Gasteiger partial charge on any atom is 0.169 e. The van der Waals surface area contributed by atoms with Gasteiger partial charge in [-0.3, -0.25) is 4.79 Å². The Morgan fingerprint density at radius 2 is 1.84 bits per heavy atom. The van der Waals surface area contributed by atoms with Crippen molar-refractivity contribution in [3.63, 3.8) is 0 Å². The zero-order valence-electron chi connectivity index (χ0n) is 10.4. The lowest BCUT2D eigenvalue weighted by Gasteiger charge is -2.12. The van der Waals surface area contributed by atoms with Gasteiger partial charge < -0.3 is 9.47 Å². The van der Waals surface area contributed by atoms with Gasteiger partial charge in [0.05, 0.1) is 11.1 Å². The second-order valence-electron chi connectivity index (χ2n) is 3.79. The molecule has 2 aromatic carbocycles. The molecule has 0 aromatic heterocycles. The first-order valence-corrected chi connectivity index (χ1v) is 6.68. The normalized spacial score (nSPS) is 10.0. The van der Waals surface area contributed by atoms with Crippen LogP contribution in [0.15, 0.2) is 46.9 Å². The molecule has 19 heavy (non-hydrogen) atoms. The average Bonchev–Trinajstić information content (AvgIpc) is 2.43. The Labute approximate surface area is 120 Å². The van der Waals surface area contributed by atoms with Crippen molar-refractivity contribution in [2.45, 2.75) is 6.92 Å². The highest BCUT2D eigenvalue weighted by Gasteiger charge is 2.08. The zero-order chi connectivity index (χ0) is 13.7. The molecule has 0 amide bonds. The predicted octanol–water partition coefficient (Wildman–Crippen LogP) is 4.45. The highest BCUT2D eigenvalue weighted by Crippen LogP contribution is 2.35. The summed E-state index contributed by atoms with van der Waals surface area (Å²) in [5.74, 6) is 1.97. The van der Waals surface area contributed by atoms with Crippen LogP contribution in [0.2, 0.25) is 0 Å². The van der Waals surface area contributed by atoms with Crippen LogP contribution in [0.4, 0.5) is 0 Å². The van der Waals surface area contributed by atoms with E-state index in [2.05, 4.69) is 15.9 Å². The van der Waals surface area contributed by atoms with Crippen molar-refractivity contribution in [1.82, 2.24) is 0 Å². The molecule has 0 bridgehead atoms. The van der Waals surface area contributed by atoms with E-state index >= 15 is 0 Å². The largest absolute Gasteiger partial charge is 0.490 e. The molecule has 0 saturated carbocycles. The number of benzene rings is 2. The summed E-state index contributed by atoms with van der Waals surface area (Å²) in [5, 5.41) is 0. The highest BCUT2D eigenvalue weighted by atomic mass is 79.9. The fourth-order valence-electron chi connectivity index (χ4n) is 1.60. The first-order valence-electron chi connectivity index (χ1n) is 5.89. The van der Waals surface area contributed by atoms with Gasteiger partial charge in [0.1, 0.15) is 12.0 Å². The van der Waals surface area contributed by atoms with Crippen LogP contribution in [-0.2, 0) is 0 Å². The van der Waals surface area contributed by atoms with Crippen LogP contribution in [0.25, 0.3) is 0 Å². The standard InChI is InChI=1S/C15H13BrO3/c1-2-18-14-5-3-4-6-15(14)19-13-8-7-11(10-17)9-12(13)16/h3-10H,2H2,1H3. The maximum absolute atomic E-state index is 10.7. The number of hydrogen-bond donors (Lipinski definition) is 0. The number of para-hydroxylation sites is 2. The van der Waals surface area contributed by atoms with E-state index in [4.69, 9.17) is 9.47 Å². The lowest BCUT2D eigenvalue weighted by atomic mass is 10.2. The molecule has 2 rings (SSSR count). The quantitative estimate of drug-likeness (QED) is 0.763. The molecule has 0 aliphatic rings. The van der Waals surface area contributed by atoms with Crippen LogP contribution in [0.3, 0.4) is 0 Å². The summed E-state index contributed by atoms with van der Waals surface area (Å²) in [7, 11) is 0. The first kappa shape index (κ1) is 13.6. The summed E-state index contributed by atoms with van der Waals surface area (Å²) >= 11 is 3.38. The van der Waals surface area contributed by atoms with E-state index < -0.39 is 0 Å². The number of ether oxygens (including phenoxy) is 2. The molecule has 0 atom stereocenters. The van der Waals surface area contributed by atoms with Crippen LogP contribution in [0, 0.1) is 0 Å². The van der Waals surface area contributed by atoms with Crippen LogP contribution in [-0.4, -0.2) is 12.9 Å². The Balaban J connectivity index is 2.28. The van der Waals surface area contributed by atoms with E-state index in [1.165, 1.54) is 0 Å². The van der Waals surface area contributed by atoms with Crippen molar-refractivity contribution in [3.8, 4) is 17.2 Å². The van der Waals surface area contributed by atoms with Gasteiger partial charge in [0.15, 0.2) is 11.5 Å². The maximum atomic E-state index is 10.7. The molecule has 0 fully saturated rings. The molecule has 0 aliphatic heterocycles. The van der Waals surface area contributed by atoms with Gasteiger partial charge >= 0.3 is 0 Å². The van der Waals surface area contributed by atoms with Crippen LogP contribution < -0.4 is 9.47 Å². The van der Waals surface area contributed by atoms with Gasteiger partial charge in [-0.1, -0.05) is 12.1 Å². The minimum absolute atomic E-state index is 0.575. The van der Waals surface area contributed by atoms with Crippen molar-refractivity contribution in [1.29, 1.82) is 0 Å². The Kier molecular flexibility index (Phi) is 4.58. The fraction of sp³-hybridized carbons (Fsp3) is 0.133. The number of aldehydes is 1. The van der Waals surface area contributed by atoms with E-state index in [1.807, 2.05) is 31.2 Å². The van der Waals surface area contributed by atoms with E-state index in [-0.39, 0.29) is 0 Å². The average molecular weight is 321 g/mol. The molecular weight excluding hydrogens is 308 g/mol. The summed E-state index contributed by atoms with van der Waals surface area (Å²) < 4.78 is 12.0. The Morgan fingerprint density at radius 1 is 1.11 bits per heavy atom. The molecule has 0 saturated heterocycles. The summed E-state index contributed by atoms with van der Waals surface area (Å²) in [6.07, 6.45) is 0.794. The molecule has 98 valence electrons. The molecule has 0 aliphatic carbocycles. The van der Waals surface area contributed by atoms with Crippen LogP contribution >= 0.6 is 15.9 Å². The van der Waals surface area contributed by atoms with E-state index in [0.29, 0.717) is 29.4 Å². The third-order valence-electron chi connectivity index (χ3n) is 2.46. The summed E-state index contributed by atoms with van der Waals surface area (Å²) in [6, 6.07) is 12.6. The lowest BCUT2D eigenvalue weighted by molar-refractivity contribution is 0.112. The summed E-state index contributed by atoms with van der Waals surface area (Å²) in [5.41, 5.74) is 0.595. The van der Waals surface area contributed by atoms with Gasteiger partial charge in [-0.05, 0) is 53.2 Å². The lowest BCUT2D eigenvalue weighted by Crippen LogP contribution is -1.95. The topological polar surface area (TPSA) is 35.5 Å². The van der Waals surface area contributed by atoms with E-state index in [0.717, 1.165) is 10.8 Å². The van der Waals surface area contributed by atoms with Crippen LogP contribution in [0.1, 0.15) is 17.3 Å². The van der Waals surface area contributed by atoms with Gasteiger partial charge in [-0.2, -0.15) is 0 Å². The Morgan fingerprint density at radius 3 is 2.47 bits per heavy atom. The number of hydrogen-bond acceptors (Lipinski definition) is 3. The highest BCUT2D eigenvalue weighted by molar-refractivity contribution is 9.10. The second kappa shape index (κ2) is 6.38. The van der Waals surface area contributed by atoms with Gasteiger partial charge in [-0.15, -0.1) is 0 Å². The van der Waals surface area contributed by atoms with Crippen molar-refractivity contribution < 1.29 is 14.3 Å². The summed E-state index contributed by atoms with van der Waals surface area (Å²) in [4.78, 5) is 10.7. The number of rotatable bonds is 5. The van der Waals surface area contributed by atoms with Crippen LogP contribution in [0.5, 0.6) is 17.2 Å². The fourth-order valence-corrected chi connectivity index (χ4v) is 2.08. The molecule has 0 unspecified atom stereocenters. The Bertz CT molecular complexity index is 581. The number of halogens is 1.